The minimum absolute atomic E-state index is 0.0787. The number of hydrogen-bond acceptors (Lipinski definition) is 0. The average Bonchev–Trinajstić information content (AvgIpc) is 1.79. The molecule has 0 aliphatic carbocycles. The third-order valence-electron chi connectivity index (χ3n) is 0.495. The molecule has 1 rings (SSSR count). The van der Waals surface area contributed by atoms with Crippen LogP contribution in [0, 0.1) is 0 Å². The molecule has 1 aliphatic heterocycles. The van der Waals surface area contributed by atoms with Crippen molar-refractivity contribution in [3.8, 4) is 0 Å². The third kappa shape index (κ3) is 0.738. The Morgan fingerprint density at radius 2 is 2.20 bits per heavy atom. The number of halogens is 2. The van der Waals surface area contributed by atoms with Crippen molar-refractivity contribution < 1.29 is 4.20 Å². The molecule has 2 atom stereocenters. The standard InChI is InChI=1S/C2H3ClFP/c3-2-1-5(2)4/h2H,1H2/t2-,5?/m1/s1. The highest BCUT2D eigenvalue weighted by atomic mass is 35.5. The minimum Gasteiger partial charge on any atom is -0.225 e. The van der Waals surface area contributed by atoms with Gasteiger partial charge in [0.25, 0.3) is 0 Å². The normalized spacial score (nSPS) is 49.2. The van der Waals surface area contributed by atoms with Crippen molar-refractivity contribution in [3.63, 3.8) is 0 Å². The van der Waals surface area contributed by atoms with E-state index in [9.17, 15) is 4.20 Å². The van der Waals surface area contributed by atoms with Crippen LogP contribution in [-0.4, -0.2) is 11.3 Å². The summed E-state index contributed by atoms with van der Waals surface area (Å²) in [5, 5.41) is -0.0787. The van der Waals surface area contributed by atoms with Gasteiger partial charge >= 0.3 is 0 Å². The predicted octanol–water partition coefficient (Wildman–Crippen LogP) is 1.93. The van der Waals surface area contributed by atoms with Gasteiger partial charge in [0.2, 0.25) is 0 Å². The van der Waals surface area contributed by atoms with Crippen molar-refractivity contribution in [1.82, 2.24) is 0 Å². The Morgan fingerprint density at radius 1 is 2.00 bits per heavy atom. The molecule has 0 aromatic rings. The Kier molecular flexibility index (Phi) is 0.810. The Balaban J connectivity index is 2.20. The van der Waals surface area contributed by atoms with Crippen LogP contribution in [0.2, 0.25) is 0 Å². The Labute approximate surface area is 36.2 Å². The Hall–Kier alpha value is 0.650. The fourth-order valence-electron chi connectivity index (χ4n) is 0.0968. The smallest absolute Gasteiger partial charge is 0.102 e. The van der Waals surface area contributed by atoms with Gasteiger partial charge < -0.3 is 0 Å². The van der Waals surface area contributed by atoms with Gasteiger partial charge in [-0.1, -0.05) is 0 Å². The molecule has 1 unspecified atom stereocenters. The van der Waals surface area contributed by atoms with E-state index in [4.69, 9.17) is 11.6 Å². The van der Waals surface area contributed by atoms with Crippen LogP contribution in [0.5, 0.6) is 0 Å². The number of alkyl halides is 1. The second-order valence-electron chi connectivity index (χ2n) is 1.02. The van der Waals surface area contributed by atoms with Crippen molar-refractivity contribution in [2.24, 2.45) is 0 Å². The lowest BCUT2D eigenvalue weighted by molar-refractivity contribution is 0.918. The second-order valence-corrected chi connectivity index (χ2v) is 3.64. The summed E-state index contributed by atoms with van der Waals surface area (Å²) in [6, 6.07) is 0. The molecule has 0 aromatic carbocycles. The van der Waals surface area contributed by atoms with Crippen LogP contribution in [0.3, 0.4) is 0 Å². The zero-order chi connectivity index (χ0) is 3.86. The van der Waals surface area contributed by atoms with Crippen molar-refractivity contribution in [3.05, 3.63) is 0 Å². The molecule has 0 nitrogen and oxygen atoms in total. The van der Waals surface area contributed by atoms with E-state index in [1.54, 1.807) is 0 Å². The quantitative estimate of drug-likeness (QED) is 0.332. The number of hydrogen-bond donors (Lipinski definition) is 0. The first-order valence-corrected chi connectivity index (χ1v) is 3.29. The van der Waals surface area contributed by atoms with Gasteiger partial charge in [-0.2, -0.15) is 0 Å². The van der Waals surface area contributed by atoms with E-state index in [0.717, 1.165) is 0 Å². The molecule has 30 valence electrons. The lowest BCUT2D eigenvalue weighted by atomic mass is 11.0. The lowest BCUT2D eigenvalue weighted by Crippen LogP contribution is -1.49. The van der Waals surface area contributed by atoms with Gasteiger partial charge in [-0.25, -0.2) is 4.20 Å². The fourth-order valence-corrected chi connectivity index (χ4v) is 0.871. The van der Waals surface area contributed by atoms with Gasteiger partial charge in [-0.15, -0.1) is 11.6 Å². The summed E-state index contributed by atoms with van der Waals surface area (Å²) >= 11 is 5.19. The van der Waals surface area contributed by atoms with Crippen LogP contribution >= 0.6 is 19.8 Å². The maximum Gasteiger partial charge on any atom is 0.102 e. The first-order valence-electron chi connectivity index (χ1n) is 1.37. The molecule has 5 heavy (non-hydrogen) atoms. The molecule has 1 heterocycles. The summed E-state index contributed by atoms with van der Waals surface area (Å²) in [5.74, 6) is 0. The topological polar surface area (TPSA) is 0 Å². The second kappa shape index (κ2) is 1.06. The molecular formula is C2H3ClFP. The highest BCUT2D eigenvalue weighted by Crippen LogP contribution is 2.62. The SMILES string of the molecule is FP1C[C@@H]1Cl. The monoisotopic (exact) mass is 112 g/mol. The van der Waals surface area contributed by atoms with E-state index in [-0.39, 0.29) is 5.12 Å². The Morgan fingerprint density at radius 3 is 2.20 bits per heavy atom. The van der Waals surface area contributed by atoms with E-state index in [2.05, 4.69) is 0 Å². The molecule has 0 spiro atoms. The van der Waals surface area contributed by atoms with Gasteiger partial charge in [0.15, 0.2) is 0 Å². The maximum atomic E-state index is 11.4. The molecule has 0 amide bonds. The van der Waals surface area contributed by atoms with Gasteiger partial charge in [0, 0.05) is 6.16 Å². The van der Waals surface area contributed by atoms with Crippen LogP contribution in [0.4, 0.5) is 4.20 Å². The highest BCUT2D eigenvalue weighted by molar-refractivity contribution is 7.63. The molecule has 0 bridgehead atoms. The molecule has 3 heteroatoms. The summed E-state index contributed by atoms with van der Waals surface area (Å²) in [4.78, 5) is 0. The van der Waals surface area contributed by atoms with Gasteiger partial charge in [-0.05, 0) is 0 Å². The van der Waals surface area contributed by atoms with E-state index in [0.29, 0.717) is 6.16 Å². The third-order valence-corrected chi connectivity index (χ3v) is 2.54. The molecule has 0 saturated carbocycles. The van der Waals surface area contributed by atoms with E-state index >= 15 is 0 Å². The van der Waals surface area contributed by atoms with Crippen molar-refractivity contribution in [1.29, 1.82) is 0 Å². The van der Waals surface area contributed by atoms with Crippen molar-refractivity contribution in [2.75, 3.05) is 6.16 Å². The first-order chi connectivity index (χ1) is 2.30. The zero-order valence-electron chi connectivity index (χ0n) is 2.49. The van der Waals surface area contributed by atoms with Gasteiger partial charge in [-0.3, -0.25) is 0 Å². The van der Waals surface area contributed by atoms with Crippen molar-refractivity contribution in [2.45, 2.75) is 5.12 Å². The average molecular weight is 112 g/mol. The van der Waals surface area contributed by atoms with E-state index < -0.39 is 8.23 Å². The largest absolute Gasteiger partial charge is 0.225 e. The molecule has 0 radical (unpaired) electrons. The van der Waals surface area contributed by atoms with Gasteiger partial charge in [0.1, 0.15) is 8.23 Å². The molecule has 1 fully saturated rings. The first kappa shape index (κ1) is 3.83. The van der Waals surface area contributed by atoms with Crippen LogP contribution in [0.1, 0.15) is 0 Å². The minimum atomic E-state index is -1.17. The van der Waals surface area contributed by atoms with Crippen LogP contribution in [0.25, 0.3) is 0 Å². The van der Waals surface area contributed by atoms with Crippen LogP contribution < -0.4 is 0 Å². The molecule has 1 aliphatic rings. The summed E-state index contributed by atoms with van der Waals surface area (Å²) < 4.78 is 11.4. The molecule has 0 aromatic heterocycles. The lowest BCUT2D eigenvalue weighted by Gasteiger charge is -1.60. The maximum absolute atomic E-state index is 11.4. The molecule has 1 saturated heterocycles. The highest BCUT2D eigenvalue weighted by Gasteiger charge is 2.35. The molecule has 0 N–H and O–H groups in total. The van der Waals surface area contributed by atoms with E-state index in [1.807, 2.05) is 0 Å². The van der Waals surface area contributed by atoms with E-state index in [1.165, 1.54) is 0 Å². The predicted molar refractivity (Wildman–Crippen MR) is 22.5 cm³/mol. The van der Waals surface area contributed by atoms with Crippen LogP contribution in [0.15, 0.2) is 0 Å². The summed E-state index contributed by atoms with van der Waals surface area (Å²) in [5.41, 5.74) is 0. The van der Waals surface area contributed by atoms with Gasteiger partial charge in [0.05, 0.1) is 5.12 Å². The summed E-state index contributed by atoms with van der Waals surface area (Å²) in [6.45, 7) is 0. The van der Waals surface area contributed by atoms with Crippen LogP contribution in [-0.2, 0) is 0 Å². The zero-order valence-corrected chi connectivity index (χ0v) is 4.14. The molecular weight excluding hydrogens is 109 g/mol. The summed E-state index contributed by atoms with van der Waals surface area (Å²) in [7, 11) is -1.17. The fraction of sp³-hybridized carbons (Fsp3) is 1.00. The number of rotatable bonds is 0. The van der Waals surface area contributed by atoms with Crippen molar-refractivity contribution >= 4 is 19.8 Å². The Bertz CT molecular complexity index is 42.9. The summed E-state index contributed by atoms with van der Waals surface area (Å²) in [6.07, 6.45) is 0.636.